The minimum absolute atomic E-state index is 0.0798. The molecule has 0 radical (unpaired) electrons. The van der Waals surface area contributed by atoms with Gasteiger partial charge in [-0.3, -0.25) is 4.79 Å². The average Bonchev–Trinajstić information content (AvgIpc) is 3.03. The average molecular weight is 367 g/mol. The highest BCUT2D eigenvalue weighted by molar-refractivity contribution is 8.03. The van der Waals surface area contributed by atoms with Crippen molar-refractivity contribution in [2.45, 2.75) is 45.4 Å². The molecule has 0 N–H and O–H groups in total. The second-order valence-electron chi connectivity index (χ2n) is 5.29. The summed E-state index contributed by atoms with van der Waals surface area (Å²) in [5.74, 6) is 2.08. The molecule has 3 rings (SSSR count). The zero-order chi connectivity index (χ0) is 16.1. The van der Waals surface area contributed by atoms with Crippen LogP contribution in [0.4, 0.5) is 0 Å². The first kappa shape index (κ1) is 16.8. The third-order valence-electron chi connectivity index (χ3n) is 3.65. The normalized spacial score (nSPS) is 18.1. The summed E-state index contributed by atoms with van der Waals surface area (Å²) in [6.45, 7) is 0. The van der Waals surface area contributed by atoms with Crippen molar-refractivity contribution < 1.29 is 9.53 Å². The highest BCUT2D eigenvalue weighted by Gasteiger charge is 2.24. The topological polar surface area (TPSA) is 52.1 Å². The van der Waals surface area contributed by atoms with Gasteiger partial charge in [-0.15, -0.1) is 10.2 Å². The highest BCUT2D eigenvalue weighted by atomic mass is 32.2. The van der Waals surface area contributed by atoms with Gasteiger partial charge >= 0.3 is 0 Å². The van der Waals surface area contributed by atoms with Gasteiger partial charge in [-0.25, -0.2) is 0 Å². The summed E-state index contributed by atoms with van der Waals surface area (Å²) >= 11 is 4.84. The SMILES string of the molecule is COc1ccc(CSc2nnc(SC3CCCCC3=O)s2)cc1. The van der Waals surface area contributed by atoms with Crippen LogP contribution in [0.3, 0.4) is 0 Å². The molecule has 0 bridgehead atoms. The molecule has 1 aromatic carbocycles. The van der Waals surface area contributed by atoms with Gasteiger partial charge in [0.25, 0.3) is 0 Å². The summed E-state index contributed by atoms with van der Waals surface area (Å²) in [5.41, 5.74) is 1.22. The van der Waals surface area contributed by atoms with E-state index in [4.69, 9.17) is 4.74 Å². The van der Waals surface area contributed by atoms with Gasteiger partial charge < -0.3 is 4.74 Å². The Hall–Kier alpha value is -1.05. The van der Waals surface area contributed by atoms with E-state index in [0.717, 1.165) is 45.9 Å². The van der Waals surface area contributed by atoms with Crippen LogP contribution >= 0.6 is 34.9 Å². The van der Waals surface area contributed by atoms with E-state index < -0.39 is 0 Å². The fraction of sp³-hybridized carbons (Fsp3) is 0.438. The van der Waals surface area contributed by atoms with Gasteiger partial charge in [0.1, 0.15) is 11.5 Å². The van der Waals surface area contributed by atoms with Crippen molar-refractivity contribution in [1.29, 1.82) is 0 Å². The summed E-state index contributed by atoms with van der Waals surface area (Å²) in [6, 6.07) is 8.05. The van der Waals surface area contributed by atoms with Crippen LogP contribution in [0, 0.1) is 0 Å². The molecule has 1 aliphatic carbocycles. The Morgan fingerprint density at radius 2 is 2.00 bits per heavy atom. The minimum atomic E-state index is 0.0798. The first-order valence-electron chi connectivity index (χ1n) is 7.53. The number of ether oxygens (including phenoxy) is 1. The van der Waals surface area contributed by atoms with Gasteiger partial charge in [0.15, 0.2) is 8.68 Å². The van der Waals surface area contributed by atoms with E-state index in [1.807, 2.05) is 12.1 Å². The number of Topliss-reactive ketones (excluding diaryl/α,β-unsaturated/α-hetero) is 1. The van der Waals surface area contributed by atoms with Gasteiger partial charge in [0.05, 0.1) is 12.4 Å². The van der Waals surface area contributed by atoms with Crippen molar-refractivity contribution >= 4 is 40.6 Å². The van der Waals surface area contributed by atoms with Crippen LogP contribution in [0.5, 0.6) is 5.75 Å². The number of aromatic nitrogens is 2. The second-order valence-corrected chi connectivity index (χ2v) is 8.94. The number of rotatable bonds is 6. The zero-order valence-electron chi connectivity index (χ0n) is 12.9. The third-order valence-corrected chi connectivity index (χ3v) is 7.18. The molecule has 122 valence electrons. The summed E-state index contributed by atoms with van der Waals surface area (Å²) in [6.07, 6.45) is 3.86. The van der Waals surface area contributed by atoms with Crippen molar-refractivity contribution in [3.05, 3.63) is 29.8 Å². The van der Waals surface area contributed by atoms with E-state index in [-0.39, 0.29) is 5.25 Å². The third kappa shape index (κ3) is 4.71. The number of nitrogens with zero attached hydrogens (tertiary/aromatic N) is 2. The van der Waals surface area contributed by atoms with Gasteiger partial charge in [0.2, 0.25) is 0 Å². The predicted octanol–water partition coefficient (Wildman–Crippen LogP) is 4.44. The number of carbonyl (C=O) groups is 1. The number of carbonyl (C=O) groups excluding carboxylic acids is 1. The number of thioether (sulfide) groups is 2. The molecule has 7 heteroatoms. The van der Waals surface area contributed by atoms with Gasteiger partial charge in [-0.2, -0.15) is 0 Å². The largest absolute Gasteiger partial charge is 0.497 e. The molecule has 1 aliphatic rings. The Kier molecular flexibility index (Phi) is 5.96. The Balaban J connectivity index is 1.53. The quantitative estimate of drug-likeness (QED) is 0.704. The molecule has 1 heterocycles. The number of ketones is 1. The molecule has 0 saturated heterocycles. The predicted molar refractivity (Wildman–Crippen MR) is 95.6 cm³/mol. The molecule has 0 aliphatic heterocycles. The van der Waals surface area contributed by atoms with E-state index in [2.05, 4.69) is 22.3 Å². The lowest BCUT2D eigenvalue weighted by Crippen LogP contribution is -2.21. The van der Waals surface area contributed by atoms with E-state index in [1.54, 1.807) is 42.0 Å². The summed E-state index contributed by atoms with van der Waals surface area (Å²) in [4.78, 5) is 11.9. The van der Waals surface area contributed by atoms with Crippen LogP contribution in [0.15, 0.2) is 32.9 Å². The summed E-state index contributed by atoms with van der Waals surface area (Å²) < 4.78 is 7.01. The molecule has 1 atom stereocenters. The molecule has 4 nitrogen and oxygen atoms in total. The number of benzene rings is 1. The molecule has 1 aromatic heterocycles. The van der Waals surface area contributed by atoms with Crippen LogP contribution in [-0.4, -0.2) is 28.3 Å². The maximum Gasteiger partial charge on any atom is 0.175 e. The highest BCUT2D eigenvalue weighted by Crippen LogP contribution is 2.36. The van der Waals surface area contributed by atoms with E-state index in [0.29, 0.717) is 5.78 Å². The lowest BCUT2D eigenvalue weighted by atomic mass is 9.99. The van der Waals surface area contributed by atoms with Crippen molar-refractivity contribution in [3.8, 4) is 5.75 Å². The number of hydrogen-bond donors (Lipinski definition) is 0. The van der Waals surface area contributed by atoms with E-state index in [9.17, 15) is 4.79 Å². The Bertz CT molecular complexity index is 658. The van der Waals surface area contributed by atoms with Gasteiger partial charge in [-0.1, -0.05) is 53.4 Å². The summed E-state index contributed by atoms with van der Waals surface area (Å²) in [5, 5.41) is 8.53. The van der Waals surface area contributed by atoms with Gasteiger partial charge in [0, 0.05) is 12.2 Å². The molecule has 1 saturated carbocycles. The number of hydrogen-bond acceptors (Lipinski definition) is 7. The minimum Gasteiger partial charge on any atom is -0.497 e. The molecular formula is C16H18N2O2S3. The fourth-order valence-electron chi connectivity index (χ4n) is 2.37. The fourth-order valence-corrected chi connectivity index (χ4v) is 5.71. The molecule has 0 amide bonds. The molecular weight excluding hydrogens is 348 g/mol. The van der Waals surface area contributed by atoms with Crippen molar-refractivity contribution in [2.24, 2.45) is 0 Å². The molecule has 0 spiro atoms. The van der Waals surface area contributed by atoms with Gasteiger partial charge in [-0.05, 0) is 30.5 Å². The van der Waals surface area contributed by atoms with E-state index in [1.165, 1.54) is 5.56 Å². The molecule has 2 aromatic rings. The van der Waals surface area contributed by atoms with Crippen LogP contribution in [0.25, 0.3) is 0 Å². The monoisotopic (exact) mass is 366 g/mol. The Morgan fingerprint density at radius 3 is 2.74 bits per heavy atom. The van der Waals surface area contributed by atoms with Crippen LogP contribution in [0.2, 0.25) is 0 Å². The van der Waals surface area contributed by atoms with Crippen molar-refractivity contribution in [1.82, 2.24) is 10.2 Å². The van der Waals surface area contributed by atoms with Crippen LogP contribution in [-0.2, 0) is 10.5 Å². The molecule has 1 fully saturated rings. The lowest BCUT2D eigenvalue weighted by Gasteiger charge is -2.17. The van der Waals surface area contributed by atoms with Crippen molar-refractivity contribution in [3.63, 3.8) is 0 Å². The number of methoxy groups -OCH3 is 1. The summed E-state index contributed by atoms with van der Waals surface area (Å²) in [7, 11) is 1.67. The Labute approximate surface area is 148 Å². The lowest BCUT2D eigenvalue weighted by molar-refractivity contribution is -0.119. The standard InChI is InChI=1S/C16H18N2O2S3/c1-20-12-8-6-11(7-9-12)10-21-15-17-18-16(23-15)22-14-5-3-2-4-13(14)19/h6-9,14H,2-5,10H2,1H3. The maximum atomic E-state index is 11.9. The molecule has 23 heavy (non-hydrogen) atoms. The van der Waals surface area contributed by atoms with Crippen molar-refractivity contribution in [2.75, 3.05) is 7.11 Å². The zero-order valence-corrected chi connectivity index (χ0v) is 15.3. The van der Waals surface area contributed by atoms with E-state index >= 15 is 0 Å². The first-order chi connectivity index (χ1) is 11.2. The van der Waals surface area contributed by atoms with Crippen LogP contribution < -0.4 is 4.74 Å². The second kappa shape index (κ2) is 8.17. The Morgan fingerprint density at radius 1 is 1.22 bits per heavy atom. The van der Waals surface area contributed by atoms with Crippen LogP contribution in [0.1, 0.15) is 31.2 Å². The maximum absolute atomic E-state index is 11.9. The first-order valence-corrected chi connectivity index (χ1v) is 10.2. The smallest absolute Gasteiger partial charge is 0.175 e. The molecule has 1 unspecified atom stereocenters.